The standard InChI is InChI=1S/C18H28N2/c1-2-5-15-8-10-20(11-9-15)18(14-19)12-16-6-3-4-7-17(16)13-18/h3-4,6-7,15H,2,5,8-14,19H2,1H3. The lowest BCUT2D eigenvalue weighted by atomic mass is 9.86. The van der Waals surface area contributed by atoms with Gasteiger partial charge in [-0.1, -0.05) is 44.0 Å². The summed E-state index contributed by atoms with van der Waals surface area (Å²) >= 11 is 0. The van der Waals surface area contributed by atoms with Crippen molar-refractivity contribution in [1.82, 2.24) is 4.90 Å². The van der Waals surface area contributed by atoms with Gasteiger partial charge in [-0.25, -0.2) is 0 Å². The third-order valence-corrected chi connectivity index (χ3v) is 5.52. The zero-order valence-corrected chi connectivity index (χ0v) is 12.8. The predicted molar refractivity (Wildman–Crippen MR) is 84.8 cm³/mol. The fourth-order valence-electron chi connectivity index (χ4n) is 4.28. The van der Waals surface area contributed by atoms with Crippen LogP contribution in [0.1, 0.15) is 43.7 Å². The van der Waals surface area contributed by atoms with E-state index in [9.17, 15) is 0 Å². The van der Waals surface area contributed by atoms with Crippen molar-refractivity contribution in [3.63, 3.8) is 0 Å². The summed E-state index contributed by atoms with van der Waals surface area (Å²) < 4.78 is 0. The van der Waals surface area contributed by atoms with E-state index in [-0.39, 0.29) is 5.54 Å². The predicted octanol–water partition coefficient (Wildman–Crippen LogP) is 2.99. The summed E-state index contributed by atoms with van der Waals surface area (Å²) in [5.74, 6) is 0.954. The third-order valence-electron chi connectivity index (χ3n) is 5.52. The maximum atomic E-state index is 6.23. The third kappa shape index (κ3) is 2.51. The minimum atomic E-state index is 0.209. The van der Waals surface area contributed by atoms with Crippen LogP contribution in [0.2, 0.25) is 0 Å². The van der Waals surface area contributed by atoms with Crippen molar-refractivity contribution >= 4 is 0 Å². The SMILES string of the molecule is CCCC1CCN(C2(CN)Cc3ccccc3C2)CC1. The molecule has 2 aliphatic rings. The Morgan fingerprint density at radius 2 is 1.75 bits per heavy atom. The molecule has 2 heteroatoms. The normalized spacial score (nSPS) is 22.9. The summed E-state index contributed by atoms with van der Waals surface area (Å²) in [5.41, 5.74) is 9.48. The Kier molecular flexibility index (Phi) is 4.13. The zero-order chi connectivity index (χ0) is 14.0. The van der Waals surface area contributed by atoms with Crippen molar-refractivity contribution in [3.05, 3.63) is 35.4 Å². The van der Waals surface area contributed by atoms with Gasteiger partial charge in [0.2, 0.25) is 0 Å². The lowest BCUT2D eigenvalue weighted by molar-refractivity contribution is 0.0596. The smallest absolute Gasteiger partial charge is 0.0412 e. The summed E-state index contributed by atoms with van der Waals surface area (Å²) in [6, 6.07) is 8.91. The second-order valence-corrected chi connectivity index (χ2v) is 6.77. The molecule has 2 nitrogen and oxygen atoms in total. The molecule has 20 heavy (non-hydrogen) atoms. The minimum Gasteiger partial charge on any atom is -0.329 e. The highest BCUT2D eigenvalue weighted by atomic mass is 15.2. The van der Waals surface area contributed by atoms with Crippen molar-refractivity contribution in [3.8, 4) is 0 Å². The van der Waals surface area contributed by atoms with Gasteiger partial charge in [-0.15, -0.1) is 0 Å². The van der Waals surface area contributed by atoms with Crippen molar-refractivity contribution in [1.29, 1.82) is 0 Å². The van der Waals surface area contributed by atoms with Gasteiger partial charge >= 0.3 is 0 Å². The fourth-order valence-corrected chi connectivity index (χ4v) is 4.28. The van der Waals surface area contributed by atoms with Crippen molar-refractivity contribution in [2.45, 2.75) is 51.0 Å². The number of hydrogen-bond donors (Lipinski definition) is 1. The maximum Gasteiger partial charge on any atom is 0.0412 e. The molecule has 1 fully saturated rings. The van der Waals surface area contributed by atoms with E-state index in [1.807, 2.05) is 0 Å². The molecule has 110 valence electrons. The van der Waals surface area contributed by atoms with Crippen LogP contribution in [-0.4, -0.2) is 30.1 Å². The molecule has 0 saturated carbocycles. The first-order chi connectivity index (χ1) is 9.77. The molecule has 1 aromatic carbocycles. The fraction of sp³-hybridized carbons (Fsp3) is 0.667. The summed E-state index contributed by atoms with van der Waals surface area (Å²) in [5, 5.41) is 0. The van der Waals surface area contributed by atoms with Crippen LogP contribution in [-0.2, 0) is 12.8 Å². The van der Waals surface area contributed by atoms with Crippen LogP contribution in [0.15, 0.2) is 24.3 Å². The van der Waals surface area contributed by atoms with E-state index in [1.54, 1.807) is 0 Å². The molecule has 3 rings (SSSR count). The average Bonchev–Trinajstić information content (AvgIpc) is 2.88. The van der Waals surface area contributed by atoms with Gasteiger partial charge in [-0.3, -0.25) is 4.90 Å². The maximum absolute atomic E-state index is 6.23. The van der Waals surface area contributed by atoms with Gasteiger partial charge in [0.25, 0.3) is 0 Å². The summed E-state index contributed by atoms with van der Waals surface area (Å²) in [6.07, 6.45) is 7.77. The van der Waals surface area contributed by atoms with Gasteiger partial charge in [0.05, 0.1) is 0 Å². The average molecular weight is 272 g/mol. The van der Waals surface area contributed by atoms with Crippen LogP contribution < -0.4 is 5.73 Å². The van der Waals surface area contributed by atoms with Gasteiger partial charge in [-0.05, 0) is 55.8 Å². The summed E-state index contributed by atoms with van der Waals surface area (Å²) in [6.45, 7) is 5.59. The first-order valence-corrected chi connectivity index (χ1v) is 8.29. The van der Waals surface area contributed by atoms with E-state index >= 15 is 0 Å². The van der Waals surface area contributed by atoms with Crippen LogP contribution >= 0.6 is 0 Å². The lowest BCUT2D eigenvalue weighted by Gasteiger charge is -2.44. The molecule has 0 unspecified atom stereocenters. The zero-order valence-electron chi connectivity index (χ0n) is 12.8. The molecule has 2 N–H and O–H groups in total. The Bertz CT molecular complexity index is 421. The van der Waals surface area contributed by atoms with Crippen molar-refractivity contribution < 1.29 is 0 Å². The largest absolute Gasteiger partial charge is 0.329 e. The molecule has 0 radical (unpaired) electrons. The molecule has 0 aromatic heterocycles. The van der Waals surface area contributed by atoms with Crippen molar-refractivity contribution in [2.24, 2.45) is 11.7 Å². The monoisotopic (exact) mass is 272 g/mol. The highest BCUT2D eigenvalue weighted by Gasteiger charge is 2.42. The molecular formula is C18H28N2. The number of hydrogen-bond acceptors (Lipinski definition) is 2. The minimum absolute atomic E-state index is 0.209. The Balaban J connectivity index is 1.70. The summed E-state index contributed by atoms with van der Waals surface area (Å²) in [4.78, 5) is 2.71. The van der Waals surface area contributed by atoms with E-state index in [0.717, 1.165) is 25.3 Å². The Labute approximate surface area is 123 Å². The number of nitrogens with zero attached hydrogens (tertiary/aromatic N) is 1. The quantitative estimate of drug-likeness (QED) is 0.913. The topological polar surface area (TPSA) is 29.3 Å². The number of benzene rings is 1. The Morgan fingerprint density at radius 1 is 1.15 bits per heavy atom. The highest BCUT2D eigenvalue weighted by molar-refractivity contribution is 5.36. The van der Waals surface area contributed by atoms with Gasteiger partial charge in [0, 0.05) is 12.1 Å². The number of fused-ring (bicyclic) bond motifs is 1. The molecule has 0 amide bonds. The molecule has 0 atom stereocenters. The van der Waals surface area contributed by atoms with Gasteiger partial charge < -0.3 is 5.73 Å². The molecule has 0 spiro atoms. The number of piperidine rings is 1. The van der Waals surface area contributed by atoms with Crippen molar-refractivity contribution in [2.75, 3.05) is 19.6 Å². The first kappa shape index (κ1) is 14.1. The van der Waals surface area contributed by atoms with Gasteiger partial charge in [-0.2, -0.15) is 0 Å². The van der Waals surface area contributed by atoms with Gasteiger partial charge in [0.15, 0.2) is 0 Å². The van der Waals surface area contributed by atoms with E-state index < -0.39 is 0 Å². The van der Waals surface area contributed by atoms with Crippen LogP contribution in [0.4, 0.5) is 0 Å². The number of rotatable bonds is 4. The molecular weight excluding hydrogens is 244 g/mol. The molecule has 1 aliphatic carbocycles. The summed E-state index contributed by atoms with van der Waals surface area (Å²) in [7, 11) is 0. The highest BCUT2D eigenvalue weighted by Crippen LogP contribution is 2.36. The Hall–Kier alpha value is -0.860. The van der Waals surface area contributed by atoms with Gasteiger partial charge in [0.1, 0.15) is 0 Å². The molecule has 1 saturated heterocycles. The number of likely N-dealkylation sites (tertiary alicyclic amines) is 1. The lowest BCUT2D eigenvalue weighted by Crippen LogP contribution is -2.57. The van der Waals surface area contributed by atoms with E-state index in [0.29, 0.717) is 0 Å². The second-order valence-electron chi connectivity index (χ2n) is 6.77. The molecule has 0 bridgehead atoms. The first-order valence-electron chi connectivity index (χ1n) is 8.29. The molecule has 1 heterocycles. The van der Waals surface area contributed by atoms with Crippen LogP contribution in [0.5, 0.6) is 0 Å². The van der Waals surface area contributed by atoms with E-state index in [1.165, 1.54) is 49.9 Å². The second kappa shape index (κ2) is 5.87. The molecule has 1 aromatic rings. The van der Waals surface area contributed by atoms with Crippen LogP contribution in [0, 0.1) is 5.92 Å². The number of nitrogens with two attached hydrogens (primary N) is 1. The molecule has 1 aliphatic heterocycles. The van der Waals surface area contributed by atoms with Crippen LogP contribution in [0.25, 0.3) is 0 Å². The van der Waals surface area contributed by atoms with Crippen LogP contribution in [0.3, 0.4) is 0 Å². The Morgan fingerprint density at radius 3 is 2.25 bits per heavy atom. The van der Waals surface area contributed by atoms with E-state index in [2.05, 4.69) is 36.1 Å². The van der Waals surface area contributed by atoms with E-state index in [4.69, 9.17) is 5.73 Å².